The first-order chi connectivity index (χ1) is 9.70. The van der Waals surface area contributed by atoms with Gasteiger partial charge in [-0.05, 0) is 36.4 Å². The van der Waals surface area contributed by atoms with Gasteiger partial charge in [-0.2, -0.15) is 13.2 Å². The maximum atomic E-state index is 12.8. The van der Waals surface area contributed by atoms with Crippen molar-refractivity contribution in [1.29, 1.82) is 0 Å². The van der Waals surface area contributed by atoms with E-state index in [-0.39, 0.29) is 20.6 Å². The van der Waals surface area contributed by atoms with Crippen molar-refractivity contribution in [2.75, 3.05) is 0 Å². The molecule has 21 heavy (non-hydrogen) atoms. The Morgan fingerprint density at radius 1 is 1.05 bits per heavy atom. The van der Waals surface area contributed by atoms with E-state index in [1.165, 1.54) is 30.3 Å². The minimum Gasteiger partial charge on any atom is -0.289 e. The monoisotopic (exact) mass is 396 g/mol. The standard InChI is InChI=1S/C14H6BrCl2F3O/c15-11-4-1-7(5-10(11)14(18,19)20)13(21)9-3-2-8(16)6-12(9)17/h1-6H. The van der Waals surface area contributed by atoms with Gasteiger partial charge in [-0.1, -0.05) is 39.1 Å². The minimum absolute atomic E-state index is 0.0870. The fraction of sp³-hybridized carbons (Fsp3) is 0.0714. The second kappa shape index (κ2) is 5.99. The number of halogens is 6. The third-order valence-electron chi connectivity index (χ3n) is 2.71. The highest BCUT2D eigenvalue weighted by Gasteiger charge is 2.33. The van der Waals surface area contributed by atoms with Crippen molar-refractivity contribution >= 4 is 44.9 Å². The minimum atomic E-state index is -4.56. The summed E-state index contributed by atoms with van der Waals surface area (Å²) >= 11 is 14.4. The van der Waals surface area contributed by atoms with E-state index in [4.69, 9.17) is 23.2 Å². The Morgan fingerprint density at radius 3 is 2.29 bits per heavy atom. The molecule has 110 valence electrons. The lowest BCUT2D eigenvalue weighted by molar-refractivity contribution is -0.138. The molecule has 2 aromatic rings. The van der Waals surface area contributed by atoms with Crippen molar-refractivity contribution < 1.29 is 18.0 Å². The molecule has 0 aliphatic rings. The molecular formula is C14H6BrCl2F3O. The Hall–Kier alpha value is -1.04. The van der Waals surface area contributed by atoms with Gasteiger partial charge in [0.05, 0.1) is 10.6 Å². The zero-order valence-corrected chi connectivity index (χ0v) is 13.2. The van der Waals surface area contributed by atoms with Gasteiger partial charge >= 0.3 is 6.18 Å². The second-order valence-corrected chi connectivity index (χ2v) is 5.84. The zero-order chi connectivity index (χ0) is 15.8. The van der Waals surface area contributed by atoms with Crippen LogP contribution in [0.4, 0.5) is 13.2 Å². The lowest BCUT2D eigenvalue weighted by Crippen LogP contribution is -2.09. The van der Waals surface area contributed by atoms with Crippen LogP contribution in [0.5, 0.6) is 0 Å². The summed E-state index contributed by atoms with van der Waals surface area (Å²) in [7, 11) is 0. The van der Waals surface area contributed by atoms with E-state index in [1.54, 1.807) is 0 Å². The summed E-state index contributed by atoms with van der Waals surface area (Å²) in [5.41, 5.74) is -0.926. The molecule has 2 aromatic carbocycles. The summed E-state index contributed by atoms with van der Waals surface area (Å²) in [6.45, 7) is 0. The molecule has 2 rings (SSSR count). The van der Waals surface area contributed by atoms with Crippen molar-refractivity contribution in [2.45, 2.75) is 6.18 Å². The van der Waals surface area contributed by atoms with Gasteiger partial charge in [-0.15, -0.1) is 0 Å². The molecule has 0 aromatic heterocycles. The fourth-order valence-corrected chi connectivity index (χ4v) is 2.68. The number of rotatable bonds is 2. The Kier molecular flexibility index (Phi) is 4.66. The molecule has 0 bridgehead atoms. The molecule has 0 amide bonds. The average molecular weight is 398 g/mol. The Morgan fingerprint density at radius 2 is 1.71 bits per heavy atom. The van der Waals surface area contributed by atoms with E-state index in [9.17, 15) is 18.0 Å². The quantitative estimate of drug-likeness (QED) is 0.567. The molecule has 0 heterocycles. The molecule has 1 nitrogen and oxygen atoms in total. The summed E-state index contributed by atoms with van der Waals surface area (Å²) in [6, 6.07) is 7.45. The molecule has 0 radical (unpaired) electrons. The third kappa shape index (κ3) is 3.59. The van der Waals surface area contributed by atoms with E-state index in [2.05, 4.69) is 15.9 Å². The van der Waals surface area contributed by atoms with Gasteiger partial charge in [0, 0.05) is 20.6 Å². The van der Waals surface area contributed by atoms with Gasteiger partial charge in [-0.25, -0.2) is 0 Å². The van der Waals surface area contributed by atoms with Crippen LogP contribution in [-0.4, -0.2) is 5.78 Å². The zero-order valence-electron chi connectivity index (χ0n) is 10.1. The van der Waals surface area contributed by atoms with E-state index < -0.39 is 17.5 Å². The van der Waals surface area contributed by atoms with E-state index in [1.807, 2.05) is 0 Å². The SMILES string of the molecule is O=C(c1ccc(Br)c(C(F)(F)F)c1)c1ccc(Cl)cc1Cl. The Bertz CT molecular complexity index is 714. The van der Waals surface area contributed by atoms with Crippen LogP contribution in [0.2, 0.25) is 10.0 Å². The van der Waals surface area contributed by atoms with Crippen LogP contribution >= 0.6 is 39.1 Å². The molecule has 0 saturated carbocycles. The van der Waals surface area contributed by atoms with Crippen LogP contribution in [0.3, 0.4) is 0 Å². The first kappa shape index (κ1) is 16.3. The summed E-state index contributed by atoms with van der Waals surface area (Å²) in [5.74, 6) is -0.602. The van der Waals surface area contributed by atoms with Crippen LogP contribution in [-0.2, 0) is 6.18 Å². The highest BCUT2D eigenvalue weighted by atomic mass is 79.9. The van der Waals surface area contributed by atoms with Crippen molar-refractivity contribution in [3.8, 4) is 0 Å². The summed E-state index contributed by atoms with van der Waals surface area (Å²) in [6.07, 6.45) is -4.56. The summed E-state index contributed by atoms with van der Waals surface area (Å²) in [5, 5.41) is 0.423. The number of ketones is 1. The van der Waals surface area contributed by atoms with E-state index in [0.717, 1.165) is 6.07 Å². The largest absolute Gasteiger partial charge is 0.417 e. The number of carbonyl (C=O) groups excluding carboxylic acids is 1. The number of benzene rings is 2. The smallest absolute Gasteiger partial charge is 0.289 e. The highest BCUT2D eigenvalue weighted by molar-refractivity contribution is 9.10. The highest BCUT2D eigenvalue weighted by Crippen LogP contribution is 2.36. The first-order valence-electron chi connectivity index (χ1n) is 5.56. The number of carbonyl (C=O) groups is 1. The molecule has 0 unspecified atom stereocenters. The molecule has 0 aliphatic carbocycles. The molecule has 0 N–H and O–H groups in total. The average Bonchev–Trinajstić information content (AvgIpc) is 2.37. The van der Waals surface area contributed by atoms with Crippen LogP contribution in [0.25, 0.3) is 0 Å². The van der Waals surface area contributed by atoms with Crippen molar-refractivity contribution in [2.24, 2.45) is 0 Å². The first-order valence-corrected chi connectivity index (χ1v) is 7.11. The maximum Gasteiger partial charge on any atom is 0.417 e. The fourth-order valence-electron chi connectivity index (χ4n) is 1.71. The normalized spacial score (nSPS) is 11.5. The molecule has 0 aliphatic heterocycles. The third-order valence-corrected chi connectivity index (χ3v) is 3.95. The number of hydrogen-bond donors (Lipinski definition) is 0. The topological polar surface area (TPSA) is 17.1 Å². The lowest BCUT2D eigenvalue weighted by Gasteiger charge is -2.11. The Balaban J connectivity index is 2.49. The van der Waals surface area contributed by atoms with Gasteiger partial charge in [0.25, 0.3) is 0 Å². The van der Waals surface area contributed by atoms with Crippen molar-refractivity contribution in [3.05, 3.63) is 67.6 Å². The van der Waals surface area contributed by atoms with Crippen LogP contribution in [0.15, 0.2) is 40.9 Å². The second-order valence-electron chi connectivity index (χ2n) is 4.15. The molecule has 7 heteroatoms. The summed E-state index contributed by atoms with van der Waals surface area (Å²) in [4.78, 5) is 12.3. The van der Waals surface area contributed by atoms with Gasteiger partial charge in [-0.3, -0.25) is 4.79 Å². The Labute approximate surface area is 136 Å². The van der Waals surface area contributed by atoms with Crippen molar-refractivity contribution in [3.63, 3.8) is 0 Å². The predicted octanol–water partition coefficient (Wildman–Crippen LogP) is 6.01. The van der Waals surface area contributed by atoms with Gasteiger partial charge < -0.3 is 0 Å². The molecular weight excluding hydrogens is 392 g/mol. The number of alkyl halides is 3. The van der Waals surface area contributed by atoms with E-state index >= 15 is 0 Å². The van der Waals surface area contributed by atoms with Gasteiger partial charge in [0.15, 0.2) is 5.78 Å². The predicted molar refractivity (Wildman–Crippen MR) is 79.0 cm³/mol. The molecule has 0 saturated heterocycles. The molecule has 0 atom stereocenters. The van der Waals surface area contributed by atoms with Gasteiger partial charge in [0.1, 0.15) is 0 Å². The maximum absolute atomic E-state index is 12.8. The van der Waals surface area contributed by atoms with Crippen LogP contribution in [0.1, 0.15) is 21.5 Å². The lowest BCUT2D eigenvalue weighted by atomic mass is 10.0. The van der Waals surface area contributed by atoms with Crippen LogP contribution in [0, 0.1) is 0 Å². The summed E-state index contributed by atoms with van der Waals surface area (Å²) < 4.78 is 38.4. The van der Waals surface area contributed by atoms with E-state index in [0.29, 0.717) is 5.02 Å². The number of hydrogen-bond acceptors (Lipinski definition) is 1. The van der Waals surface area contributed by atoms with Gasteiger partial charge in [0.2, 0.25) is 0 Å². The molecule has 0 fully saturated rings. The molecule has 0 spiro atoms. The van der Waals surface area contributed by atoms with Crippen LogP contribution < -0.4 is 0 Å². The van der Waals surface area contributed by atoms with Crippen molar-refractivity contribution in [1.82, 2.24) is 0 Å².